The van der Waals surface area contributed by atoms with Crippen molar-refractivity contribution in [3.05, 3.63) is 51.7 Å². The summed E-state index contributed by atoms with van der Waals surface area (Å²) in [6.45, 7) is 1.95. The highest BCUT2D eigenvalue weighted by molar-refractivity contribution is 6.31. The molecule has 0 radical (unpaired) electrons. The van der Waals surface area contributed by atoms with Crippen LogP contribution in [-0.2, 0) is 0 Å². The molecule has 0 aliphatic carbocycles. The lowest BCUT2D eigenvalue weighted by Crippen LogP contribution is -2.52. The molecule has 4 aromatic rings. The number of hydrogen-bond donors (Lipinski definition) is 1. The third kappa shape index (κ3) is 3.05. The molecule has 12 heteroatoms. The second-order valence-corrected chi connectivity index (χ2v) is 8.19. The number of nitrogens with zero attached hydrogens (tertiary/aromatic N) is 7. The maximum absolute atomic E-state index is 15.0. The van der Waals surface area contributed by atoms with Gasteiger partial charge in [-0.05, 0) is 13.0 Å². The van der Waals surface area contributed by atoms with E-state index in [0.29, 0.717) is 11.3 Å². The number of benzene rings is 1. The molecule has 0 spiro atoms. The van der Waals surface area contributed by atoms with Crippen LogP contribution in [0.1, 0.15) is 28.9 Å². The Balaban J connectivity index is 1.92. The smallest absolute Gasteiger partial charge is 0.283 e. The number of aryl methyl sites for hydroxylation is 1. The highest BCUT2D eigenvalue weighted by Crippen LogP contribution is 2.41. The maximum atomic E-state index is 15.0. The van der Waals surface area contributed by atoms with Gasteiger partial charge in [0, 0.05) is 30.1 Å². The highest BCUT2D eigenvalue weighted by atomic mass is 35.5. The number of hydrogen-bond acceptors (Lipinski definition) is 7. The van der Waals surface area contributed by atoms with Crippen molar-refractivity contribution in [2.24, 2.45) is 0 Å². The number of alkyl halides is 2. The van der Waals surface area contributed by atoms with E-state index in [-0.39, 0.29) is 57.2 Å². The average molecular weight is 484 g/mol. The number of halogens is 4. The van der Waals surface area contributed by atoms with Gasteiger partial charge in [0.1, 0.15) is 29.2 Å². The molecule has 1 fully saturated rings. The van der Waals surface area contributed by atoms with Crippen molar-refractivity contribution in [1.82, 2.24) is 19.6 Å². The van der Waals surface area contributed by atoms with E-state index in [1.165, 1.54) is 18.3 Å². The predicted molar refractivity (Wildman–Crippen MR) is 116 cm³/mol. The first-order valence-corrected chi connectivity index (χ1v) is 10.4. The van der Waals surface area contributed by atoms with E-state index in [1.807, 2.05) is 6.07 Å². The minimum atomic E-state index is -3.01. The van der Waals surface area contributed by atoms with Gasteiger partial charge in [0.2, 0.25) is 0 Å². The molecule has 5 rings (SSSR count). The maximum Gasteiger partial charge on any atom is 0.283 e. The lowest BCUT2D eigenvalue weighted by atomic mass is 9.99. The largest absolute Gasteiger partial charge is 0.389 e. The van der Waals surface area contributed by atoms with E-state index in [0.717, 1.165) is 4.52 Å². The minimum Gasteiger partial charge on any atom is -0.389 e. The molecule has 0 bridgehead atoms. The Hall–Kier alpha value is -3.93. The summed E-state index contributed by atoms with van der Waals surface area (Å²) in [6.07, 6.45) is -2.47. The Labute approximate surface area is 195 Å². The van der Waals surface area contributed by atoms with Gasteiger partial charge in [0.25, 0.3) is 6.43 Å². The Bertz CT molecular complexity index is 1580. The molecule has 1 aromatic carbocycles. The molecule has 4 heterocycles. The van der Waals surface area contributed by atoms with E-state index >= 15 is 0 Å². The van der Waals surface area contributed by atoms with Crippen LogP contribution in [0, 0.1) is 35.4 Å². The summed E-state index contributed by atoms with van der Waals surface area (Å²) >= 11 is 5.95. The van der Waals surface area contributed by atoms with E-state index < -0.39 is 24.0 Å². The van der Waals surface area contributed by atoms with Crippen LogP contribution in [-0.4, -0.2) is 43.9 Å². The first-order valence-electron chi connectivity index (χ1n) is 9.98. The number of β-amino-alcohol motifs (C(OH)–C–C–N with tert-alkyl or cyclic N) is 1. The Morgan fingerprint density at radius 1 is 1.24 bits per heavy atom. The molecule has 1 aliphatic rings. The molecule has 1 aliphatic heterocycles. The van der Waals surface area contributed by atoms with Crippen LogP contribution < -0.4 is 4.90 Å². The third-order valence-corrected chi connectivity index (χ3v) is 6.02. The first kappa shape index (κ1) is 21.9. The molecular weight excluding hydrogens is 471 g/mol. The molecule has 0 saturated carbocycles. The van der Waals surface area contributed by atoms with Gasteiger partial charge in [-0.15, -0.1) is 0 Å². The number of pyridine rings is 1. The van der Waals surface area contributed by atoms with Crippen molar-refractivity contribution in [3.63, 3.8) is 0 Å². The topological polar surface area (TPSA) is 114 Å². The van der Waals surface area contributed by atoms with Crippen molar-refractivity contribution in [2.45, 2.75) is 19.5 Å². The van der Waals surface area contributed by atoms with Crippen LogP contribution in [0.2, 0.25) is 5.02 Å². The molecule has 1 N–H and O–H groups in total. The monoisotopic (exact) mass is 483 g/mol. The number of nitriles is 2. The molecule has 0 atom stereocenters. The fourth-order valence-corrected chi connectivity index (χ4v) is 4.33. The van der Waals surface area contributed by atoms with Crippen LogP contribution in [0.15, 0.2) is 18.3 Å². The lowest BCUT2D eigenvalue weighted by molar-refractivity contribution is 0.140. The van der Waals surface area contributed by atoms with Crippen LogP contribution in [0.3, 0.4) is 0 Å². The molecule has 34 heavy (non-hydrogen) atoms. The summed E-state index contributed by atoms with van der Waals surface area (Å²) in [5.74, 6) is -0.525. The zero-order chi connectivity index (χ0) is 24.3. The summed E-state index contributed by atoms with van der Waals surface area (Å²) in [4.78, 5) is 10.4. The predicted octanol–water partition coefficient (Wildman–Crippen LogP) is 3.91. The molecule has 0 amide bonds. The van der Waals surface area contributed by atoms with Crippen molar-refractivity contribution in [3.8, 4) is 23.4 Å². The fourth-order valence-electron chi connectivity index (χ4n) is 4.18. The van der Waals surface area contributed by atoms with Gasteiger partial charge in [0.15, 0.2) is 11.5 Å². The molecule has 1 saturated heterocycles. The molecule has 170 valence electrons. The van der Waals surface area contributed by atoms with Crippen molar-refractivity contribution in [2.75, 3.05) is 18.0 Å². The second-order valence-electron chi connectivity index (χ2n) is 7.78. The van der Waals surface area contributed by atoms with Crippen LogP contribution in [0.25, 0.3) is 27.7 Å². The van der Waals surface area contributed by atoms with Crippen molar-refractivity contribution in [1.29, 1.82) is 10.5 Å². The standard InChI is InChI=1S/C22H13ClF3N7O/c1-9-15(18-12-2-3-14(23)17(24)16(12)10(4-27)6-29-18)22(32-7-11(34)8-32)33-21(30-9)13(5-28)19(31-33)20(25)26/h2-3,6,11,20,34H,7-8H2,1H3. The Morgan fingerprint density at radius 3 is 2.59 bits per heavy atom. The van der Waals surface area contributed by atoms with E-state index in [4.69, 9.17) is 11.6 Å². The lowest BCUT2D eigenvalue weighted by Gasteiger charge is -2.39. The average Bonchev–Trinajstić information content (AvgIpc) is 3.16. The van der Waals surface area contributed by atoms with E-state index in [2.05, 4.69) is 15.1 Å². The van der Waals surface area contributed by atoms with Gasteiger partial charge in [-0.2, -0.15) is 20.1 Å². The SMILES string of the molecule is Cc1nc2c(C#N)c(C(F)F)nn2c(N2CC(O)C2)c1-c1ncc(C#N)c2c(F)c(Cl)ccc12. The Morgan fingerprint density at radius 2 is 1.97 bits per heavy atom. The molecule has 8 nitrogen and oxygen atoms in total. The summed E-state index contributed by atoms with van der Waals surface area (Å²) in [5.41, 5.74) is -0.301. The van der Waals surface area contributed by atoms with Crippen LogP contribution >= 0.6 is 11.6 Å². The number of aromatic nitrogens is 4. The van der Waals surface area contributed by atoms with Crippen LogP contribution in [0.4, 0.5) is 19.0 Å². The minimum absolute atomic E-state index is 0.0304. The van der Waals surface area contributed by atoms with Crippen LogP contribution in [0.5, 0.6) is 0 Å². The van der Waals surface area contributed by atoms with Gasteiger partial charge in [-0.1, -0.05) is 17.7 Å². The van der Waals surface area contributed by atoms with Gasteiger partial charge < -0.3 is 10.0 Å². The number of aliphatic hydroxyl groups excluding tert-OH is 1. The molecule has 0 unspecified atom stereocenters. The van der Waals surface area contributed by atoms with Gasteiger partial charge in [-0.25, -0.2) is 18.2 Å². The zero-order valence-corrected chi connectivity index (χ0v) is 18.1. The number of rotatable bonds is 3. The van der Waals surface area contributed by atoms with Crippen molar-refractivity contribution >= 4 is 33.8 Å². The summed E-state index contributed by atoms with van der Waals surface area (Å²) in [5, 5.41) is 32.9. The summed E-state index contributed by atoms with van der Waals surface area (Å²) in [7, 11) is 0. The van der Waals surface area contributed by atoms with Gasteiger partial charge in [0.05, 0.1) is 33.6 Å². The first-order chi connectivity index (χ1) is 16.3. The zero-order valence-electron chi connectivity index (χ0n) is 17.4. The van der Waals surface area contributed by atoms with E-state index in [1.54, 1.807) is 17.9 Å². The fraction of sp³-hybridized carbons (Fsp3) is 0.227. The third-order valence-electron chi connectivity index (χ3n) is 5.73. The quantitative estimate of drug-likeness (QED) is 0.470. The normalized spacial score (nSPS) is 14.0. The summed E-state index contributed by atoms with van der Waals surface area (Å²) in [6, 6.07) is 6.49. The molecule has 3 aromatic heterocycles. The Kier molecular flexibility index (Phi) is 5.04. The number of anilines is 1. The van der Waals surface area contributed by atoms with Gasteiger partial charge >= 0.3 is 0 Å². The van der Waals surface area contributed by atoms with E-state index in [9.17, 15) is 28.8 Å². The van der Waals surface area contributed by atoms with Gasteiger partial charge in [-0.3, -0.25) is 4.98 Å². The summed E-state index contributed by atoms with van der Waals surface area (Å²) < 4.78 is 43.4. The molecular formula is C22H13ClF3N7O. The number of aliphatic hydroxyl groups is 1. The number of fused-ring (bicyclic) bond motifs is 2. The van der Waals surface area contributed by atoms with Crippen molar-refractivity contribution < 1.29 is 18.3 Å². The second kappa shape index (κ2) is 7.83. The highest BCUT2D eigenvalue weighted by Gasteiger charge is 2.34.